The standard InChI is InChI=1S/C26H30N4O5S2.C25H32N4O4S2/c1-16(31)28-18-9-12-20(22(13-18)37(33,34)29-25(2,3)4)21-14-27-23(36-21)17-7-10-19(11-8-17)30-15-26(5,6)35-24(30)32;1-16(30)28-19-11-12-20(22(13-19)35(32,33)29-24(2,3)4)21-14-26-23(34-21)17-7-9-18(10-8-17)27-15-25(5,6)31/h7-14,29H,15H2,1-6H3,(H,28,31);7-14,27,29,31H,15H2,1-6H3,(H,28,30). The molecular weight excluding hydrogens is 997 g/mol. The zero-order valence-corrected chi connectivity index (χ0v) is 45.6. The number of hydrogen-bond donors (Lipinski definition) is 6. The van der Waals surface area contributed by atoms with Crippen molar-refractivity contribution in [2.45, 2.75) is 115 Å². The number of nitrogens with one attached hydrogen (secondary N) is 5. The number of benzene rings is 4. The molecule has 1 aliphatic rings. The maximum atomic E-state index is 13.3. The summed E-state index contributed by atoms with van der Waals surface area (Å²) < 4.78 is 63.9. The minimum Gasteiger partial charge on any atom is -0.441 e. The molecule has 72 heavy (non-hydrogen) atoms. The van der Waals surface area contributed by atoms with E-state index >= 15 is 0 Å². The lowest BCUT2D eigenvalue weighted by Crippen LogP contribution is -2.40. The number of nitrogens with zero attached hydrogens (tertiary/aromatic N) is 3. The number of amides is 3. The van der Waals surface area contributed by atoms with E-state index in [1.807, 2.05) is 62.4 Å². The summed E-state index contributed by atoms with van der Waals surface area (Å²) in [5.41, 5.74) is 2.35. The average molecular weight is 1060 g/mol. The Morgan fingerprint density at radius 2 is 1.07 bits per heavy atom. The average Bonchev–Trinajstić information content (AvgIpc) is 4.00. The molecular formula is C51H62N8O9S4. The van der Waals surface area contributed by atoms with Gasteiger partial charge in [-0.2, -0.15) is 0 Å². The second-order valence-corrected chi connectivity index (χ2v) is 25.9. The molecule has 0 bridgehead atoms. The molecule has 0 spiro atoms. The summed E-state index contributed by atoms with van der Waals surface area (Å²) in [7, 11) is -7.80. The van der Waals surface area contributed by atoms with E-state index in [4.69, 9.17) is 4.74 Å². The molecule has 0 unspecified atom stereocenters. The molecule has 1 fully saturated rings. The SMILES string of the molecule is CC(=O)Nc1ccc(-c2cnc(-c3ccc(N4CC(C)(C)OC4=O)cc3)s2)c(S(=O)(=O)NC(C)(C)C)c1.CC(=O)Nc1ccc(-c2cnc(-c3ccc(NCC(C)(C)O)cc3)s2)c(S(=O)(=O)NC(C)(C)C)c1. The van der Waals surface area contributed by atoms with E-state index in [-0.39, 0.29) is 27.7 Å². The second kappa shape index (κ2) is 21.2. The van der Waals surface area contributed by atoms with Crippen molar-refractivity contribution in [2.75, 3.05) is 33.9 Å². The van der Waals surface area contributed by atoms with Crippen LogP contribution in [-0.2, 0) is 34.4 Å². The fraction of sp³-hybridized carbons (Fsp3) is 0.353. The molecule has 3 amide bonds. The molecule has 384 valence electrons. The molecule has 0 saturated carbocycles. The third kappa shape index (κ3) is 15.0. The fourth-order valence-electron chi connectivity index (χ4n) is 7.24. The highest BCUT2D eigenvalue weighted by molar-refractivity contribution is 7.90. The van der Waals surface area contributed by atoms with Crippen LogP contribution < -0.4 is 30.3 Å². The van der Waals surface area contributed by atoms with Gasteiger partial charge in [0.25, 0.3) is 0 Å². The van der Waals surface area contributed by atoms with Crippen molar-refractivity contribution in [3.05, 3.63) is 97.3 Å². The van der Waals surface area contributed by atoms with Crippen molar-refractivity contribution in [3.8, 4) is 42.0 Å². The number of thiazole rings is 2. The van der Waals surface area contributed by atoms with Gasteiger partial charge >= 0.3 is 6.09 Å². The highest BCUT2D eigenvalue weighted by Crippen LogP contribution is 2.40. The summed E-state index contributed by atoms with van der Waals surface area (Å²) in [5.74, 6) is -0.584. The number of hydrogen-bond acceptors (Lipinski definition) is 14. The summed E-state index contributed by atoms with van der Waals surface area (Å²) in [4.78, 5) is 47.4. The Morgan fingerprint density at radius 3 is 1.43 bits per heavy atom. The maximum Gasteiger partial charge on any atom is 0.415 e. The zero-order valence-electron chi connectivity index (χ0n) is 42.3. The van der Waals surface area contributed by atoms with Crippen molar-refractivity contribution >= 4 is 83.4 Å². The Bertz CT molecular complexity index is 3190. The predicted molar refractivity (Wildman–Crippen MR) is 287 cm³/mol. The number of sulfonamides is 2. The van der Waals surface area contributed by atoms with Crippen molar-refractivity contribution in [1.82, 2.24) is 19.4 Å². The van der Waals surface area contributed by atoms with Crippen LogP contribution in [0.3, 0.4) is 0 Å². The lowest BCUT2D eigenvalue weighted by molar-refractivity contribution is -0.115. The number of carbonyl (C=O) groups excluding carboxylic acids is 3. The minimum absolute atomic E-state index is 0.0504. The lowest BCUT2D eigenvalue weighted by atomic mass is 10.1. The van der Waals surface area contributed by atoms with Crippen LogP contribution in [0.25, 0.3) is 42.0 Å². The smallest absolute Gasteiger partial charge is 0.415 e. The van der Waals surface area contributed by atoms with E-state index < -0.39 is 42.3 Å². The van der Waals surface area contributed by atoms with Crippen LogP contribution in [0.1, 0.15) is 83.1 Å². The van der Waals surface area contributed by atoms with Gasteiger partial charge in [-0.05, 0) is 142 Å². The van der Waals surface area contributed by atoms with Gasteiger partial charge in [-0.15, -0.1) is 22.7 Å². The van der Waals surface area contributed by atoms with Crippen molar-refractivity contribution in [1.29, 1.82) is 0 Å². The first-order valence-electron chi connectivity index (χ1n) is 22.8. The van der Waals surface area contributed by atoms with Gasteiger partial charge in [-0.3, -0.25) is 14.5 Å². The Hall–Kier alpha value is -6.07. The van der Waals surface area contributed by atoms with Crippen molar-refractivity contribution < 1.29 is 41.1 Å². The molecule has 6 aromatic rings. The second-order valence-electron chi connectivity index (χ2n) is 20.6. The minimum atomic E-state index is -3.91. The largest absolute Gasteiger partial charge is 0.441 e. The van der Waals surface area contributed by atoms with Crippen LogP contribution in [-0.4, -0.2) is 85.2 Å². The van der Waals surface area contributed by atoms with Crippen LogP contribution in [0.4, 0.5) is 27.5 Å². The molecule has 7 rings (SSSR count). The summed E-state index contributed by atoms with van der Waals surface area (Å²) in [6.45, 7) is 21.4. The molecule has 1 saturated heterocycles. The normalized spacial score (nSPS) is 14.0. The van der Waals surface area contributed by atoms with Crippen LogP contribution in [0, 0.1) is 0 Å². The first-order valence-corrected chi connectivity index (χ1v) is 27.4. The molecule has 1 aliphatic heterocycles. The van der Waals surface area contributed by atoms with Crippen molar-refractivity contribution in [3.63, 3.8) is 0 Å². The molecule has 4 aromatic carbocycles. The molecule has 6 N–H and O–H groups in total. The van der Waals surface area contributed by atoms with Gasteiger partial charge in [0.2, 0.25) is 31.9 Å². The molecule has 0 radical (unpaired) electrons. The molecule has 21 heteroatoms. The van der Waals surface area contributed by atoms with Crippen molar-refractivity contribution in [2.24, 2.45) is 0 Å². The third-order valence-electron chi connectivity index (χ3n) is 10.0. The van der Waals surface area contributed by atoms with E-state index in [0.29, 0.717) is 50.4 Å². The molecule has 0 aliphatic carbocycles. The predicted octanol–water partition coefficient (Wildman–Crippen LogP) is 9.94. The van der Waals surface area contributed by atoms with E-state index in [0.717, 1.165) is 27.5 Å². The summed E-state index contributed by atoms with van der Waals surface area (Å²) in [5, 5.41) is 19.8. The number of carbonyl (C=O) groups is 3. The molecule has 17 nitrogen and oxygen atoms in total. The third-order valence-corrected chi connectivity index (χ3v) is 15.8. The quantitative estimate of drug-likeness (QED) is 0.0598. The first-order chi connectivity index (χ1) is 33.3. The monoisotopic (exact) mass is 1060 g/mol. The number of rotatable bonds is 14. The maximum absolute atomic E-state index is 13.3. The van der Waals surface area contributed by atoms with Gasteiger partial charge in [-0.25, -0.2) is 41.0 Å². The van der Waals surface area contributed by atoms with E-state index in [1.54, 1.807) is 96.9 Å². The van der Waals surface area contributed by atoms with E-state index in [1.165, 1.54) is 48.7 Å². The Kier molecular flexibility index (Phi) is 16.3. The van der Waals surface area contributed by atoms with Crippen LogP contribution in [0.5, 0.6) is 0 Å². The highest BCUT2D eigenvalue weighted by Gasteiger charge is 2.38. The Morgan fingerprint density at radius 1 is 0.667 bits per heavy atom. The fourth-order valence-corrected chi connectivity index (χ4v) is 12.6. The van der Waals surface area contributed by atoms with Crippen LogP contribution >= 0.6 is 22.7 Å². The summed E-state index contributed by atoms with van der Waals surface area (Å²) >= 11 is 2.73. The Balaban J connectivity index is 0.000000236. The van der Waals surface area contributed by atoms with Crippen LogP contribution in [0.2, 0.25) is 0 Å². The van der Waals surface area contributed by atoms with Gasteiger partial charge in [0.05, 0.1) is 31.7 Å². The zero-order chi connectivity index (χ0) is 53.2. The van der Waals surface area contributed by atoms with Gasteiger partial charge in [0.15, 0.2) is 0 Å². The Labute approximate surface area is 430 Å². The summed E-state index contributed by atoms with van der Waals surface area (Å²) in [6.07, 6.45) is 2.91. The van der Waals surface area contributed by atoms with Gasteiger partial charge in [0.1, 0.15) is 15.6 Å². The number of cyclic esters (lactones) is 1. The number of anilines is 4. The van der Waals surface area contributed by atoms with Gasteiger partial charge < -0.3 is 25.8 Å². The van der Waals surface area contributed by atoms with Gasteiger partial charge in [0, 0.05) is 88.9 Å². The summed E-state index contributed by atoms with van der Waals surface area (Å²) in [6, 6.07) is 24.7. The van der Waals surface area contributed by atoms with Gasteiger partial charge in [-0.1, -0.05) is 12.1 Å². The molecule has 2 aromatic heterocycles. The molecule has 0 atom stereocenters. The number of aromatic nitrogens is 2. The highest BCUT2D eigenvalue weighted by atomic mass is 32.2. The first kappa shape index (κ1) is 55.2. The van der Waals surface area contributed by atoms with E-state index in [9.17, 15) is 36.3 Å². The number of aliphatic hydroxyl groups is 1. The van der Waals surface area contributed by atoms with E-state index in [2.05, 4.69) is 35.4 Å². The van der Waals surface area contributed by atoms with Crippen LogP contribution in [0.15, 0.2) is 107 Å². The number of ether oxygens (including phenoxy) is 1. The molecule has 3 heterocycles. The topological polar surface area (TPSA) is 238 Å². The lowest BCUT2D eigenvalue weighted by Gasteiger charge is -2.22.